The number of benzene rings is 1. The Kier molecular flexibility index (Phi) is 5.87. The molecule has 2 unspecified atom stereocenters. The summed E-state index contributed by atoms with van der Waals surface area (Å²) < 4.78 is 22.6. The van der Waals surface area contributed by atoms with E-state index in [1.165, 1.54) is 18.4 Å². The number of hydrogen-bond donors (Lipinski definition) is 0. The van der Waals surface area contributed by atoms with Crippen molar-refractivity contribution in [2.24, 2.45) is 0 Å². The first-order valence-corrected chi connectivity index (χ1v) is 10.8. The van der Waals surface area contributed by atoms with Gasteiger partial charge in [0, 0.05) is 42.7 Å². The van der Waals surface area contributed by atoms with Crippen molar-refractivity contribution in [3.63, 3.8) is 0 Å². The molecule has 0 bridgehead atoms. The standard InChI is InChI=1S/C22H24O6S/c1-25-19(23)7-9-22(21(24)16-8-11-29-14-16)13-15-5-6-17(12-18(15)28-22)27-20-4-2-3-10-26-20/h5-6,8,11-12,14,20H,2-4,7,9-10,13H2,1H3. The number of rotatable bonds is 7. The van der Waals surface area contributed by atoms with Gasteiger partial charge in [0.1, 0.15) is 11.5 Å². The Morgan fingerprint density at radius 2 is 2.17 bits per heavy atom. The van der Waals surface area contributed by atoms with Crippen LogP contribution in [-0.4, -0.2) is 37.4 Å². The van der Waals surface area contributed by atoms with Gasteiger partial charge in [-0.25, -0.2) is 0 Å². The molecule has 4 rings (SSSR count). The maximum Gasteiger partial charge on any atom is 0.305 e. The van der Waals surface area contributed by atoms with Gasteiger partial charge < -0.3 is 18.9 Å². The van der Waals surface area contributed by atoms with Crippen LogP contribution >= 0.6 is 11.3 Å². The number of hydrogen-bond acceptors (Lipinski definition) is 7. The molecule has 1 fully saturated rings. The molecule has 0 N–H and O–H groups in total. The Balaban J connectivity index is 1.55. The molecule has 3 heterocycles. The fourth-order valence-electron chi connectivity index (χ4n) is 3.80. The topological polar surface area (TPSA) is 71.1 Å². The summed E-state index contributed by atoms with van der Waals surface area (Å²) in [5.74, 6) is 0.798. The summed E-state index contributed by atoms with van der Waals surface area (Å²) in [6, 6.07) is 7.40. The molecule has 0 saturated carbocycles. The van der Waals surface area contributed by atoms with E-state index >= 15 is 0 Å². The molecule has 154 valence electrons. The summed E-state index contributed by atoms with van der Waals surface area (Å²) >= 11 is 1.46. The number of ketones is 1. The van der Waals surface area contributed by atoms with E-state index in [9.17, 15) is 9.59 Å². The van der Waals surface area contributed by atoms with Crippen LogP contribution in [0.1, 0.15) is 48.0 Å². The lowest BCUT2D eigenvalue weighted by molar-refractivity contribution is -0.141. The van der Waals surface area contributed by atoms with Gasteiger partial charge in [-0.1, -0.05) is 6.07 Å². The first-order valence-electron chi connectivity index (χ1n) is 9.84. The van der Waals surface area contributed by atoms with Crippen molar-refractivity contribution in [3.05, 3.63) is 46.2 Å². The molecule has 1 saturated heterocycles. The third kappa shape index (κ3) is 4.31. The van der Waals surface area contributed by atoms with Crippen LogP contribution < -0.4 is 9.47 Å². The molecule has 2 aliphatic rings. The molecule has 2 aliphatic heterocycles. The van der Waals surface area contributed by atoms with Crippen LogP contribution in [0.25, 0.3) is 0 Å². The van der Waals surface area contributed by atoms with Crippen molar-refractivity contribution >= 4 is 23.1 Å². The molecule has 0 spiro atoms. The monoisotopic (exact) mass is 416 g/mol. The van der Waals surface area contributed by atoms with E-state index in [4.69, 9.17) is 18.9 Å². The van der Waals surface area contributed by atoms with Crippen LogP contribution in [0.2, 0.25) is 0 Å². The second kappa shape index (κ2) is 8.55. The minimum Gasteiger partial charge on any atom is -0.478 e. The fourth-order valence-corrected chi connectivity index (χ4v) is 4.44. The first-order chi connectivity index (χ1) is 14.1. The molecular weight excluding hydrogens is 392 g/mol. The van der Waals surface area contributed by atoms with E-state index in [-0.39, 0.29) is 30.9 Å². The number of fused-ring (bicyclic) bond motifs is 1. The summed E-state index contributed by atoms with van der Waals surface area (Å²) in [6.45, 7) is 0.706. The van der Waals surface area contributed by atoms with Gasteiger partial charge in [-0.15, -0.1) is 0 Å². The van der Waals surface area contributed by atoms with E-state index in [0.717, 1.165) is 24.8 Å². The fraction of sp³-hybridized carbons (Fsp3) is 0.455. The number of esters is 1. The predicted octanol–water partition coefficient (Wildman–Crippen LogP) is 4.16. The zero-order valence-electron chi connectivity index (χ0n) is 16.3. The van der Waals surface area contributed by atoms with Gasteiger partial charge in [0.2, 0.25) is 5.78 Å². The second-order valence-electron chi connectivity index (χ2n) is 7.37. The maximum absolute atomic E-state index is 13.3. The summed E-state index contributed by atoms with van der Waals surface area (Å²) in [7, 11) is 1.34. The molecule has 2 aromatic rings. The molecule has 6 nitrogen and oxygen atoms in total. The van der Waals surface area contributed by atoms with Crippen LogP contribution in [0.3, 0.4) is 0 Å². The molecule has 2 atom stereocenters. The molecule has 29 heavy (non-hydrogen) atoms. The average Bonchev–Trinajstić information content (AvgIpc) is 3.40. The van der Waals surface area contributed by atoms with Gasteiger partial charge in [0.15, 0.2) is 11.9 Å². The molecule has 0 radical (unpaired) electrons. The highest BCUT2D eigenvalue weighted by molar-refractivity contribution is 7.08. The maximum atomic E-state index is 13.3. The predicted molar refractivity (Wildman–Crippen MR) is 108 cm³/mol. The molecule has 0 aliphatic carbocycles. The summed E-state index contributed by atoms with van der Waals surface area (Å²) in [4.78, 5) is 25.0. The van der Waals surface area contributed by atoms with Gasteiger partial charge >= 0.3 is 5.97 Å². The average molecular weight is 416 g/mol. The quantitative estimate of drug-likeness (QED) is 0.499. The highest BCUT2D eigenvalue weighted by Gasteiger charge is 2.46. The van der Waals surface area contributed by atoms with E-state index in [1.807, 2.05) is 29.0 Å². The summed E-state index contributed by atoms with van der Waals surface area (Å²) in [5, 5.41) is 3.67. The summed E-state index contributed by atoms with van der Waals surface area (Å²) in [6.07, 6.45) is 3.52. The zero-order valence-corrected chi connectivity index (χ0v) is 17.2. The van der Waals surface area contributed by atoms with Crippen LogP contribution in [0.5, 0.6) is 11.5 Å². The van der Waals surface area contributed by atoms with Crippen LogP contribution in [0.4, 0.5) is 0 Å². The number of ether oxygens (including phenoxy) is 4. The highest BCUT2D eigenvalue weighted by atomic mass is 32.1. The minimum atomic E-state index is -1.11. The first kappa shape index (κ1) is 19.9. The van der Waals surface area contributed by atoms with E-state index in [1.54, 1.807) is 6.07 Å². The Morgan fingerprint density at radius 1 is 1.28 bits per heavy atom. The van der Waals surface area contributed by atoms with Crippen molar-refractivity contribution < 1.29 is 28.5 Å². The smallest absolute Gasteiger partial charge is 0.305 e. The van der Waals surface area contributed by atoms with Gasteiger partial charge in [0.25, 0.3) is 0 Å². The van der Waals surface area contributed by atoms with Crippen molar-refractivity contribution in [1.82, 2.24) is 0 Å². The molecule has 1 aromatic heterocycles. The van der Waals surface area contributed by atoms with E-state index in [0.29, 0.717) is 30.1 Å². The van der Waals surface area contributed by atoms with Crippen LogP contribution in [0.15, 0.2) is 35.0 Å². The van der Waals surface area contributed by atoms with Crippen molar-refractivity contribution in [1.29, 1.82) is 0 Å². The van der Waals surface area contributed by atoms with Gasteiger partial charge in [-0.05, 0) is 35.9 Å². The molecule has 0 amide bonds. The Morgan fingerprint density at radius 3 is 2.90 bits per heavy atom. The van der Waals surface area contributed by atoms with Gasteiger partial charge in [-0.3, -0.25) is 9.59 Å². The van der Waals surface area contributed by atoms with Gasteiger partial charge in [-0.2, -0.15) is 11.3 Å². The molecule has 1 aromatic carbocycles. The second-order valence-corrected chi connectivity index (χ2v) is 8.15. The Labute approximate surface area is 173 Å². The number of methoxy groups -OCH3 is 1. The Bertz CT molecular complexity index is 871. The largest absolute Gasteiger partial charge is 0.478 e. The Hall–Kier alpha value is -2.38. The number of Topliss-reactive ketones (excluding diaryl/α,β-unsaturated/α-hetero) is 1. The third-order valence-electron chi connectivity index (χ3n) is 5.38. The van der Waals surface area contributed by atoms with Crippen molar-refractivity contribution in [2.75, 3.05) is 13.7 Å². The lowest BCUT2D eigenvalue weighted by Crippen LogP contribution is -2.44. The molecule has 7 heteroatoms. The van der Waals surface area contributed by atoms with Crippen LogP contribution in [-0.2, 0) is 20.7 Å². The number of carbonyl (C=O) groups excluding carboxylic acids is 2. The van der Waals surface area contributed by atoms with E-state index in [2.05, 4.69) is 0 Å². The summed E-state index contributed by atoms with van der Waals surface area (Å²) in [5.41, 5.74) is 0.410. The number of thiophene rings is 1. The molecular formula is C22H24O6S. The third-order valence-corrected chi connectivity index (χ3v) is 6.07. The highest BCUT2D eigenvalue weighted by Crippen LogP contribution is 2.42. The van der Waals surface area contributed by atoms with Crippen LogP contribution in [0, 0.1) is 0 Å². The van der Waals surface area contributed by atoms with Gasteiger partial charge in [0.05, 0.1) is 13.7 Å². The van der Waals surface area contributed by atoms with E-state index < -0.39 is 5.60 Å². The minimum absolute atomic E-state index is 0.111. The number of carbonyl (C=O) groups is 2. The van der Waals surface area contributed by atoms with Crippen molar-refractivity contribution in [2.45, 2.75) is 50.4 Å². The normalized spacial score (nSPS) is 23.1. The van der Waals surface area contributed by atoms with Crippen molar-refractivity contribution in [3.8, 4) is 11.5 Å². The SMILES string of the molecule is COC(=O)CCC1(C(=O)c2ccsc2)Cc2ccc(OC3CCCCO3)cc2O1. The lowest BCUT2D eigenvalue weighted by atomic mass is 9.85. The lowest BCUT2D eigenvalue weighted by Gasteiger charge is -2.27. The zero-order chi connectivity index (χ0) is 20.3.